The summed E-state index contributed by atoms with van der Waals surface area (Å²) in [6, 6.07) is 9.75. The van der Waals surface area contributed by atoms with Gasteiger partial charge in [0.1, 0.15) is 5.60 Å². The molecule has 3 rings (SSSR count). The average molecular weight is 376 g/mol. The minimum atomic E-state index is -0.550. The van der Waals surface area contributed by atoms with E-state index in [0.29, 0.717) is 6.54 Å². The Bertz CT molecular complexity index is 935. The van der Waals surface area contributed by atoms with Crippen LogP contribution in [0.4, 0.5) is 4.79 Å². The highest BCUT2D eigenvalue weighted by atomic mass is 16.6. The van der Waals surface area contributed by atoms with Gasteiger partial charge in [-0.15, -0.1) is 6.42 Å². The normalized spacial score (nSPS) is 12.8. The quantitative estimate of drug-likeness (QED) is 0.635. The third-order valence-electron chi connectivity index (χ3n) is 4.14. The van der Waals surface area contributed by atoms with Gasteiger partial charge in [0, 0.05) is 42.4 Å². The Balaban J connectivity index is 1.80. The summed E-state index contributed by atoms with van der Waals surface area (Å²) in [6.07, 6.45) is 7.55. The van der Waals surface area contributed by atoms with E-state index in [1.165, 1.54) is 0 Å². The van der Waals surface area contributed by atoms with Crippen molar-refractivity contribution in [1.29, 1.82) is 0 Å². The summed E-state index contributed by atoms with van der Waals surface area (Å²) in [5, 5.41) is 0. The van der Waals surface area contributed by atoms with E-state index in [1.807, 2.05) is 57.3 Å². The molecule has 1 aliphatic rings. The van der Waals surface area contributed by atoms with Crippen molar-refractivity contribution in [2.75, 3.05) is 6.54 Å². The van der Waals surface area contributed by atoms with Crippen LogP contribution in [0.5, 0.6) is 0 Å². The number of hydrogen-bond donors (Lipinski definition) is 2. The lowest BCUT2D eigenvalue weighted by Crippen LogP contribution is -2.41. The fourth-order valence-corrected chi connectivity index (χ4v) is 2.89. The number of hydrogen-bond acceptors (Lipinski definition) is 5. The molecule has 0 atom stereocenters. The van der Waals surface area contributed by atoms with Gasteiger partial charge in [-0.25, -0.2) is 10.2 Å². The summed E-state index contributed by atoms with van der Waals surface area (Å²) < 4.78 is 5.24. The minimum absolute atomic E-state index is 0.422. The van der Waals surface area contributed by atoms with Crippen LogP contribution in [-0.2, 0) is 17.7 Å². The molecule has 2 heterocycles. The van der Waals surface area contributed by atoms with Gasteiger partial charge in [0.05, 0.1) is 11.4 Å². The SMILES string of the molecule is C#Cc1ccc(-c2cc(CNNC(=O)OC(C)(C)C)c3c(n2)CCN=C3)cc1. The molecule has 0 spiro atoms. The summed E-state index contributed by atoms with van der Waals surface area (Å²) in [5.74, 6) is 2.62. The van der Waals surface area contributed by atoms with Crippen LogP contribution in [0, 0.1) is 12.3 Å². The van der Waals surface area contributed by atoms with E-state index in [4.69, 9.17) is 16.1 Å². The van der Waals surface area contributed by atoms with Crippen LogP contribution in [0.15, 0.2) is 35.3 Å². The molecule has 1 aromatic carbocycles. The van der Waals surface area contributed by atoms with Crippen LogP contribution >= 0.6 is 0 Å². The molecule has 1 aliphatic heterocycles. The summed E-state index contributed by atoms with van der Waals surface area (Å²) in [4.78, 5) is 21.0. The van der Waals surface area contributed by atoms with Crippen molar-refractivity contribution in [3.8, 4) is 23.6 Å². The molecule has 0 radical (unpaired) electrons. The standard InChI is InChI=1S/C22H24N4O2/c1-5-15-6-8-16(9-7-15)20-12-17(18-14-23-11-10-19(18)25-20)13-24-26-21(27)28-22(2,3)4/h1,6-9,12,14,24H,10-11,13H2,2-4H3,(H,26,27). The summed E-state index contributed by atoms with van der Waals surface area (Å²) in [7, 11) is 0. The van der Waals surface area contributed by atoms with Crippen molar-refractivity contribution in [1.82, 2.24) is 15.8 Å². The van der Waals surface area contributed by atoms with E-state index in [0.717, 1.165) is 46.6 Å². The lowest BCUT2D eigenvalue weighted by atomic mass is 9.99. The number of fused-ring (bicyclic) bond motifs is 1. The Morgan fingerprint density at radius 1 is 1.29 bits per heavy atom. The highest BCUT2D eigenvalue weighted by Gasteiger charge is 2.17. The molecule has 2 N–H and O–H groups in total. The monoisotopic (exact) mass is 376 g/mol. The van der Waals surface area contributed by atoms with Crippen LogP contribution < -0.4 is 10.9 Å². The molecule has 2 aromatic rings. The molecule has 1 amide bonds. The van der Waals surface area contributed by atoms with Crippen molar-refractivity contribution in [2.45, 2.75) is 39.3 Å². The lowest BCUT2D eigenvalue weighted by molar-refractivity contribution is 0.0497. The van der Waals surface area contributed by atoms with Crippen molar-refractivity contribution < 1.29 is 9.53 Å². The maximum absolute atomic E-state index is 11.8. The second-order valence-corrected chi connectivity index (χ2v) is 7.51. The van der Waals surface area contributed by atoms with Crippen LogP contribution in [0.25, 0.3) is 11.3 Å². The van der Waals surface area contributed by atoms with Gasteiger partial charge in [-0.2, -0.15) is 0 Å². The highest BCUT2D eigenvalue weighted by Crippen LogP contribution is 2.24. The van der Waals surface area contributed by atoms with E-state index >= 15 is 0 Å². The maximum atomic E-state index is 11.8. The van der Waals surface area contributed by atoms with Crippen molar-refractivity contribution >= 4 is 12.3 Å². The van der Waals surface area contributed by atoms with E-state index < -0.39 is 11.7 Å². The third-order valence-corrected chi connectivity index (χ3v) is 4.14. The topological polar surface area (TPSA) is 75.6 Å². The van der Waals surface area contributed by atoms with Crippen molar-refractivity contribution in [3.05, 3.63) is 52.7 Å². The zero-order chi connectivity index (χ0) is 20.1. The van der Waals surface area contributed by atoms with Crippen LogP contribution in [0.3, 0.4) is 0 Å². The summed E-state index contributed by atoms with van der Waals surface area (Å²) in [6.45, 7) is 6.61. The summed E-state index contributed by atoms with van der Waals surface area (Å²) >= 11 is 0. The number of benzene rings is 1. The van der Waals surface area contributed by atoms with Crippen molar-refractivity contribution in [2.24, 2.45) is 4.99 Å². The molecule has 6 heteroatoms. The van der Waals surface area contributed by atoms with Crippen LogP contribution in [-0.4, -0.2) is 29.4 Å². The van der Waals surface area contributed by atoms with Crippen LogP contribution in [0.2, 0.25) is 0 Å². The molecule has 0 fully saturated rings. The number of hydrazine groups is 1. The zero-order valence-corrected chi connectivity index (χ0v) is 16.4. The van der Waals surface area contributed by atoms with Gasteiger partial charge in [-0.1, -0.05) is 18.1 Å². The van der Waals surface area contributed by atoms with Gasteiger partial charge < -0.3 is 4.74 Å². The first-order chi connectivity index (χ1) is 13.4. The van der Waals surface area contributed by atoms with Crippen LogP contribution in [0.1, 0.15) is 43.2 Å². The molecule has 1 aromatic heterocycles. The number of aromatic nitrogens is 1. The predicted molar refractivity (Wildman–Crippen MR) is 110 cm³/mol. The number of aliphatic imine (C=N–C) groups is 1. The zero-order valence-electron chi connectivity index (χ0n) is 16.4. The van der Waals surface area contributed by atoms with Gasteiger partial charge in [0.2, 0.25) is 0 Å². The molecule has 0 aliphatic carbocycles. The first-order valence-corrected chi connectivity index (χ1v) is 9.17. The van der Waals surface area contributed by atoms with E-state index in [2.05, 4.69) is 21.8 Å². The first-order valence-electron chi connectivity index (χ1n) is 9.17. The van der Waals surface area contributed by atoms with E-state index in [9.17, 15) is 4.79 Å². The Labute approximate surface area is 165 Å². The second kappa shape index (κ2) is 8.24. The second-order valence-electron chi connectivity index (χ2n) is 7.51. The number of carbonyl (C=O) groups is 1. The number of nitrogens with zero attached hydrogens (tertiary/aromatic N) is 2. The van der Waals surface area contributed by atoms with Gasteiger partial charge in [-0.3, -0.25) is 15.4 Å². The first kappa shape index (κ1) is 19.6. The molecule has 6 nitrogen and oxygen atoms in total. The highest BCUT2D eigenvalue weighted by molar-refractivity contribution is 5.85. The fourth-order valence-electron chi connectivity index (χ4n) is 2.89. The molecule has 0 saturated heterocycles. The third kappa shape index (κ3) is 4.96. The number of carbonyl (C=O) groups excluding carboxylic acids is 1. The molecular formula is C22H24N4O2. The molecule has 28 heavy (non-hydrogen) atoms. The number of pyridine rings is 1. The predicted octanol–water partition coefficient (Wildman–Crippen LogP) is 3.23. The smallest absolute Gasteiger partial charge is 0.422 e. The Morgan fingerprint density at radius 3 is 2.71 bits per heavy atom. The summed E-state index contributed by atoms with van der Waals surface area (Å²) in [5.41, 5.74) is 10.6. The number of nitrogens with one attached hydrogen (secondary N) is 2. The molecule has 144 valence electrons. The van der Waals surface area contributed by atoms with Gasteiger partial charge in [-0.05, 0) is 44.5 Å². The fraction of sp³-hybridized carbons (Fsp3) is 0.318. The van der Waals surface area contributed by atoms with Gasteiger partial charge in [0.25, 0.3) is 0 Å². The van der Waals surface area contributed by atoms with Crippen molar-refractivity contribution in [3.63, 3.8) is 0 Å². The van der Waals surface area contributed by atoms with Gasteiger partial charge in [0.15, 0.2) is 0 Å². The Morgan fingerprint density at radius 2 is 2.04 bits per heavy atom. The Hall–Kier alpha value is -3.17. The average Bonchev–Trinajstić information content (AvgIpc) is 2.66. The molecule has 0 bridgehead atoms. The maximum Gasteiger partial charge on any atom is 0.422 e. The van der Waals surface area contributed by atoms with E-state index in [-0.39, 0.29) is 0 Å². The lowest BCUT2D eigenvalue weighted by Gasteiger charge is -2.20. The molecule has 0 saturated carbocycles. The largest absolute Gasteiger partial charge is 0.443 e. The number of rotatable bonds is 4. The molecule has 0 unspecified atom stereocenters. The van der Waals surface area contributed by atoms with Gasteiger partial charge >= 0.3 is 6.09 Å². The van der Waals surface area contributed by atoms with E-state index in [1.54, 1.807) is 0 Å². The minimum Gasteiger partial charge on any atom is -0.443 e. The number of ether oxygens (including phenoxy) is 1. The Kier molecular flexibility index (Phi) is 5.76. The number of amides is 1. The number of terminal acetylenes is 1. The molecular weight excluding hydrogens is 352 g/mol.